The zero-order valence-corrected chi connectivity index (χ0v) is 12.8. The molecule has 0 bridgehead atoms. The molecule has 0 unspecified atom stereocenters. The van der Waals surface area contributed by atoms with Gasteiger partial charge in [0.2, 0.25) is 5.82 Å². The monoisotopic (exact) mass is 311 g/mol. The highest BCUT2D eigenvalue weighted by Gasteiger charge is 2.22. The van der Waals surface area contributed by atoms with Crippen molar-refractivity contribution in [2.45, 2.75) is 25.9 Å². The zero-order chi connectivity index (χ0) is 15.6. The lowest BCUT2D eigenvalue weighted by molar-refractivity contribution is 0.296. The molecule has 2 N–H and O–H groups in total. The third-order valence-corrected chi connectivity index (χ3v) is 3.98. The van der Waals surface area contributed by atoms with Crippen LogP contribution in [0.15, 0.2) is 24.3 Å². The van der Waals surface area contributed by atoms with E-state index in [4.69, 9.17) is 9.47 Å². The predicted molar refractivity (Wildman–Crippen MR) is 83.3 cm³/mol. The smallest absolute Gasteiger partial charge is 0.202 e. The first-order valence-corrected chi connectivity index (χ1v) is 7.58. The second-order valence-corrected chi connectivity index (χ2v) is 5.45. The van der Waals surface area contributed by atoms with Crippen molar-refractivity contribution in [2.75, 3.05) is 7.11 Å². The molecular weight excluding hydrogens is 294 g/mol. The van der Waals surface area contributed by atoms with Gasteiger partial charge in [-0.15, -0.1) is 0 Å². The summed E-state index contributed by atoms with van der Waals surface area (Å²) in [6.45, 7) is 0.325. The summed E-state index contributed by atoms with van der Waals surface area (Å²) in [6, 6.07) is 7.43. The Morgan fingerprint density at radius 3 is 2.70 bits per heavy atom. The van der Waals surface area contributed by atoms with Gasteiger partial charge in [0.05, 0.1) is 7.11 Å². The highest BCUT2D eigenvalue weighted by Crippen LogP contribution is 2.28. The molecule has 0 aliphatic heterocycles. The molecule has 4 rings (SSSR count). The molecular formula is C16H17N5O2. The molecule has 23 heavy (non-hydrogen) atoms. The number of fused-ring (bicyclic) bond motifs is 1. The SMILES string of the molecule is COc1ccc(OCc2nc(-c3n[nH]c4c3CCC4)n[nH]2)cc1. The highest BCUT2D eigenvalue weighted by molar-refractivity contribution is 5.57. The van der Waals surface area contributed by atoms with Crippen molar-refractivity contribution in [1.82, 2.24) is 25.4 Å². The van der Waals surface area contributed by atoms with Crippen LogP contribution in [-0.4, -0.2) is 32.5 Å². The molecule has 2 heterocycles. The second-order valence-electron chi connectivity index (χ2n) is 5.45. The fraction of sp³-hybridized carbons (Fsp3) is 0.312. The van der Waals surface area contributed by atoms with Crippen molar-refractivity contribution in [3.05, 3.63) is 41.3 Å². The van der Waals surface area contributed by atoms with Crippen LogP contribution < -0.4 is 9.47 Å². The number of aromatic nitrogens is 5. The molecule has 2 aromatic heterocycles. The predicted octanol–water partition coefficient (Wildman–Crippen LogP) is 2.27. The Morgan fingerprint density at radius 1 is 1.04 bits per heavy atom. The van der Waals surface area contributed by atoms with Gasteiger partial charge in [0.25, 0.3) is 0 Å². The molecule has 0 fully saturated rings. The quantitative estimate of drug-likeness (QED) is 0.754. The maximum Gasteiger partial charge on any atom is 0.202 e. The number of aryl methyl sites for hydroxylation is 1. The molecule has 0 spiro atoms. The molecule has 1 aromatic carbocycles. The van der Waals surface area contributed by atoms with E-state index in [2.05, 4.69) is 25.4 Å². The molecule has 7 nitrogen and oxygen atoms in total. The number of hydrogen-bond acceptors (Lipinski definition) is 5. The van der Waals surface area contributed by atoms with E-state index in [0.717, 1.165) is 36.5 Å². The molecule has 0 atom stereocenters. The van der Waals surface area contributed by atoms with Crippen LogP contribution in [0.4, 0.5) is 0 Å². The van der Waals surface area contributed by atoms with E-state index in [-0.39, 0.29) is 0 Å². The number of ether oxygens (including phenoxy) is 2. The summed E-state index contributed by atoms with van der Waals surface area (Å²) in [4.78, 5) is 4.48. The third kappa shape index (κ3) is 2.65. The average Bonchev–Trinajstić information content (AvgIpc) is 3.29. The minimum atomic E-state index is 0.325. The van der Waals surface area contributed by atoms with E-state index in [9.17, 15) is 0 Å². The first-order valence-electron chi connectivity index (χ1n) is 7.58. The maximum absolute atomic E-state index is 5.70. The summed E-state index contributed by atoms with van der Waals surface area (Å²) in [5.74, 6) is 2.85. The Labute approximate surface area is 133 Å². The van der Waals surface area contributed by atoms with E-state index >= 15 is 0 Å². The van der Waals surface area contributed by atoms with Gasteiger partial charge in [-0.2, -0.15) is 10.2 Å². The molecule has 3 aromatic rings. The Bertz CT molecular complexity index is 806. The Balaban J connectivity index is 1.45. The molecule has 0 saturated heterocycles. The number of aromatic amines is 2. The summed E-state index contributed by atoms with van der Waals surface area (Å²) in [5.41, 5.74) is 3.30. The van der Waals surface area contributed by atoms with Crippen LogP contribution in [0.3, 0.4) is 0 Å². The summed E-state index contributed by atoms with van der Waals surface area (Å²) < 4.78 is 10.8. The number of hydrogen-bond donors (Lipinski definition) is 2. The standard InChI is InChI=1S/C16H17N5O2/c1-22-10-5-7-11(8-6-10)23-9-14-17-16(21-19-14)15-12-3-2-4-13(12)18-20-15/h5-8H,2-4,9H2,1H3,(H,18,20)(H,17,19,21). The second kappa shape index (κ2) is 5.75. The minimum Gasteiger partial charge on any atom is -0.497 e. The summed E-state index contributed by atoms with van der Waals surface area (Å²) in [7, 11) is 1.64. The van der Waals surface area contributed by atoms with E-state index < -0.39 is 0 Å². The first kappa shape index (κ1) is 13.8. The number of H-pyrrole nitrogens is 2. The summed E-state index contributed by atoms with van der Waals surface area (Å²) in [5, 5.41) is 14.6. The Hall–Kier alpha value is -2.83. The Morgan fingerprint density at radius 2 is 1.87 bits per heavy atom. The maximum atomic E-state index is 5.70. The lowest BCUT2D eigenvalue weighted by atomic mass is 10.2. The normalized spacial score (nSPS) is 13.1. The largest absolute Gasteiger partial charge is 0.497 e. The number of methoxy groups -OCH3 is 1. The molecule has 1 aliphatic rings. The number of nitrogens with one attached hydrogen (secondary N) is 2. The van der Waals surface area contributed by atoms with Crippen molar-refractivity contribution in [3.8, 4) is 23.0 Å². The summed E-state index contributed by atoms with van der Waals surface area (Å²) >= 11 is 0. The van der Waals surface area contributed by atoms with Crippen molar-refractivity contribution in [1.29, 1.82) is 0 Å². The van der Waals surface area contributed by atoms with Crippen molar-refractivity contribution in [3.63, 3.8) is 0 Å². The number of rotatable bonds is 5. The van der Waals surface area contributed by atoms with Gasteiger partial charge in [-0.3, -0.25) is 10.2 Å². The molecule has 0 radical (unpaired) electrons. The fourth-order valence-electron chi connectivity index (χ4n) is 2.79. The van der Waals surface area contributed by atoms with Gasteiger partial charge in [-0.05, 0) is 43.5 Å². The lowest BCUT2D eigenvalue weighted by Gasteiger charge is -2.04. The fourth-order valence-corrected chi connectivity index (χ4v) is 2.79. The van der Waals surface area contributed by atoms with E-state index in [0.29, 0.717) is 18.3 Å². The van der Waals surface area contributed by atoms with Gasteiger partial charge in [-0.1, -0.05) is 0 Å². The van der Waals surface area contributed by atoms with Crippen LogP contribution >= 0.6 is 0 Å². The van der Waals surface area contributed by atoms with E-state index in [1.807, 2.05) is 24.3 Å². The van der Waals surface area contributed by atoms with Gasteiger partial charge in [0.15, 0.2) is 5.82 Å². The van der Waals surface area contributed by atoms with Crippen molar-refractivity contribution < 1.29 is 9.47 Å². The van der Waals surface area contributed by atoms with Crippen LogP contribution in [0.2, 0.25) is 0 Å². The topological polar surface area (TPSA) is 88.7 Å². The Kier molecular flexibility index (Phi) is 3.45. The van der Waals surface area contributed by atoms with E-state index in [1.165, 1.54) is 11.3 Å². The molecule has 0 saturated carbocycles. The number of nitrogens with zero attached hydrogens (tertiary/aromatic N) is 3. The number of benzene rings is 1. The van der Waals surface area contributed by atoms with Crippen molar-refractivity contribution in [2.24, 2.45) is 0 Å². The minimum absolute atomic E-state index is 0.325. The summed E-state index contributed by atoms with van der Waals surface area (Å²) in [6.07, 6.45) is 3.25. The molecule has 118 valence electrons. The van der Waals surface area contributed by atoms with Gasteiger partial charge in [0, 0.05) is 11.3 Å². The van der Waals surface area contributed by atoms with Crippen LogP contribution in [0.25, 0.3) is 11.5 Å². The third-order valence-electron chi connectivity index (χ3n) is 3.98. The van der Waals surface area contributed by atoms with Crippen molar-refractivity contribution >= 4 is 0 Å². The zero-order valence-electron chi connectivity index (χ0n) is 12.8. The highest BCUT2D eigenvalue weighted by atomic mass is 16.5. The van der Waals surface area contributed by atoms with Crippen LogP contribution in [0, 0.1) is 0 Å². The van der Waals surface area contributed by atoms with Crippen LogP contribution in [0.5, 0.6) is 11.5 Å². The van der Waals surface area contributed by atoms with Gasteiger partial charge in [-0.25, -0.2) is 4.98 Å². The van der Waals surface area contributed by atoms with Crippen LogP contribution in [-0.2, 0) is 19.4 Å². The molecule has 7 heteroatoms. The van der Waals surface area contributed by atoms with Crippen LogP contribution in [0.1, 0.15) is 23.5 Å². The van der Waals surface area contributed by atoms with Gasteiger partial charge >= 0.3 is 0 Å². The molecule has 0 amide bonds. The van der Waals surface area contributed by atoms with Gasteiger partial charge in [0.1, 0.15) is 23.8 Å². The molecule has 1 aliphatic carbocycles. The first-order chi connectivity index (χ1) is 11.3. The van der Waals surface area contributed by atoms with Gasteiger partial charge < -0.3 is 9.47 Å². The lowest BCUT2D eigenvalue weighted by Crippen LogP contribution is -1.97. The van der Waals surface area contributed by atoms with E-state index in [1.54, 1.807) is 7.11 Å². The average molecular weight is 311 g/mol.